The van der Waals surface area contributed by atoms with Crippen molar-refractivity contribution in [3.8, 4) is 11.4 Å². The zero-order chi connectivity index (χ0) is 23.1. The Bertz CT molecular complexity index is 1190. The molecule has 0 aliphatic carbocycles. The van der Waals surface area contributed by atoms with Gasteiger partial charge in [0.05, 0.1) is 34.9 Å². The molecule has 2 aromatic heterocycles. The van der Waals surface area contributed by atoms with Crippen LogP contribution in [0.4, 0.5) is 26.3 Å². The molecule has 0 saturated carbocycles. The van der Waals surface area contributed by atoms with Crippen molar-refractivity contribution in [2.24, 2.45) is 0 Å². The summed E-state index contributed by atoms with van der Waals surface area (Å²) in [5.41, 5.74) is -2.22. The van der Waals surface area contributed by atoms with Crippen LogP contribution in [0.3, 0.4) is 0 Å². The predicted molar refractivity (Wildman–Crippen MR) is 96.2 cm³/mol. The van der Waals surface area contributed by atoms with Crippen LogP contribution in [0.25, 0.3) is 11.4 Å². The Balaban J connectivity index is 1.59. The van der Waals surface area contributed by atoms with Gasteiger partial charge in [-0.2, -0.15) is 26.3 Å². The minimum atomic E-state index is -4.56. The van der Waals surface area contributed by atoms with E-state index in [1.54, 1.807) is 0 Å². The van der Waals surface area contributed by atoms with E-state index in [0.717, 1.165) is 46.0 Å². The van der Waals surface area contributed by atoms with Gasteiger partial charge in [-0.15, -0.1) is 10.2 Å². The molecule has 0 radical (unpaired) electrons. The molecule has 0 aliphatic rings. The third-order valence-electron chi connectivity index (χ3n) is 4.33. The first-order valence-electron chi connectivity index (χ1n) is 8.77. The van der Waals surface area contributed by atoms with E-state index in [1.165, 1.54) is 24.3 Å². The van der Waals surface area contributed by atoms with E-state index < -0.39 is 29.3 Å². The van der Waals surface area contributed by atoms with Gasteiger partial charge in [-0.3, -0.25) is 4.79 Å². The van der Waals surface area contributed by atoms with Crippen LogP contribution in [-0.4, -0.2) is 35.8 Å². The second-order valence-electron chi connectivity index (χ2n) is 6.52. The number of carbonyl (C=O) groups excluding carboxylic acids is 1. The fourth-order valence-electron chi connectivity index (χ4n) is 2.77. The summed E-state index contributed by atoms with van der Waals surface area (Å²) in [7, 11) is 0. The van der Waals surface area contributed by atoms with E-state index in [2.05, 4.69) is 20.6 Å². The van der Waals surface area contributed by atoms with Gasteiger partial charge in [-0.05, 0) is 36.4 Å². The number of alkyl halides is 6. The lowest BCUT2D eigenvalue weighted by Gasteiger charge is -2.08. The van der Waals surface area contributed by atoms with Gasteiger partial charge in [0.1, 0.15) is 0 Å². The van der Waals surface area contributed by atoms with Gasteiger partial charge in [-0.1, -0.05) is 22.6 Å². The van der Waals surface area contributed by atoms with Crippen LogP contribution in [0, 0.1) is 0 Å². The van der Waals surface area contributed by atoms with Crippen molar-refractivity contribution in [2.45, 2.75) is 12.4 Å². The van der Waals surface area contributed by atoms with E-state index in [1.807, 2.05) is 0 Å². The zero-order valence-electron chi connectivity index (χ0n) is 15.6. The molecule has 0 amide bonds. The summed E-state index contributed by atoms with van der Waals surface area (Å²) in [6.07, 6.45) is -6.89. The molecule has 0 N–H and O–H groups in total. The summed E-state index contributed by atoms with van der Waals surface area (Å²) in [6, 6.07) is 8.52. The van der Waals surface area contributed by atoms with Gasteiger partial charge < -0.3 is 0 Å². The number of hydrogen-bond donors (Lipinski definition) is 0. The highest BCUT2D eigenvalue weighted by molar-refractivity contribution is 6.05. The quantitative estimate of drug-likeness (QED) is 0.344. The lowest BCUT2D eigenvalue weighted by Crippen LogP contribution is -2.06. The third kappa shape index (κ3) is 4.22. The Kier molecular flexibility index (Phi) is 5.03. The van der Waals surface area contributed by atoms with E-state index in [0.29, 0.717) is 0 Å². The first kappa shape index (κ1) is 21.2. The second kappa shape index (κ2) is 7.59. The Labute approximate surface area is 174 Å². The Morgan fingerprint density at radius 3 is 1.47 bits per heavy atom. The maximum Gasteiger partial charge on any atom is 0.416 e. The number of benzene rings is 2. The van der Waals surface area contributed by atoms with Crippen LogP contribution in [0.2, 0.25) is 0 Å². The minimum Gasteiger partial charge on any atom is -0.285 e. The van der Waals surface area contributed by atoms with Crippen LogP contribution in [-0.2, 0) is 12.4 Å². The van der Waals surface area contributed by atoms with Gasteiger partial charge in [-0.25, -0.2) is 9.36 Å². The number of ketones is 1. The van der Waals surface area contributed by atoms with Gasteiger partial charge in [0, 0.05) is 0 Å². The topological polar surface area (TPSA) is 78.5 Å². The Hall–Kier alpha value is -4.03. The first-order valence-corrected chi connectivity index (χ1v) is 8.77. The van der Waals surface area contributed by atoms with Crippen LogP contribution in [0.15, 0.2) is 60.9 Å². The molecule has 4 aromatic rings. The number of hydrogen-bond acceptors (Lipinski definition) is 5. The Morgan fingerprint density at radius 2 is 1.09 bits per heavy atom. The third-order valence-corrected chi connectivity index (χ3v) is 4.33. The van der Waals surface area contributed by atoms with E-state index >= 15 is 0 Å². The molecular formula is C19H10F6N6O. The van der Waals surface area contributed by atoms with E-state index in [-0.39, 0.29) is 22.8 Å². The highest BCUT2D eigenvalue weighted by Crippen LogP contribution is 2.31. The molecular weight excluding hydrogens is 442 g/mol. The summed E-state index contributed by atoms with van der Waals surface area (Å²) < 4.78 is 79.3. The normalized spacial score (nSPS) is 12.2. The molecule has 0 bridgehead atoms. The number of carbonyl (C=O) groups is 1. The van der Waals surface area contributed by atoms with Crippen LogP contribution < -0.4 is 0 Å². The molecule has 0 aliphatic heterocycles. The maximum atomic E-state index is 12.9. The number of aromatic nitrogens is 6. The maximum absolute atomic E-state index is 12.9. The highest BCUT2D eigenvalue weighted by Gasteiger charge is 2.31. The largest absolute Gasteiger partial charge is 0.416 e. The Morgan fingerprint density at radius 1 is 0.688 bits per heavy atom. The molecule has 7 nitrogen and oxygen atoms in total. The molecule has 0 saturated heterocycles. The van der Waals surface area contributed by atoms with Gasteiger partial charge in [0.15, 0.2) is 11.4 Å². The molecule has 4 rings (SSSR count). The lowest BCUT2D eigenvalue weighted by molar-refractivity contribution is -0.138. The molecule has 0 fully saturated rings. The lowest BCUT2D eigenvalue weighted by atomic mass is 10.2. The zero-order valence-corrected chi connectivity index (χ0v) is 15.6. The number of nitrogens with zero attached hydrogens (tertiary/aromatic N) is 6. The number of rotatable bonds is 4. The minimum absolute atomic E-state index is 0.0268. The monoisotopic (exact) mass is 452 g/mol. The molecule has 2 heterocycles. The summed E-state index contributed by atoms with van der Waals surface area (Å²) in [5.74, 6) is -0.763. The van der Waals surface area contributed by atoms with Crippen molar-refractivity contribution in [3.05, 3.63) is 83.4 Å². The highest BCUT2D eigenvalue weighted by atomic mass is 19.4. The molecule has 0 atom stereocenters. The van der Waals surface area contributed by atoms with E-state index in [4.69, 9.17) is 0 Å². The second-order valence-corrected chi connectivity index (χ2v) is 6.52. The summed E-state index contributed by atoms with van der Waals surface area (Å²) in [6.45, 7) is 0. The number of halogens is 6. The molecule has 164 valence electrons. The van der Waals surface area contributed by atoms with Crippen molar-refractivity contribution in [1.82, 2.24) is 30.0 Å². The summed E-state index contributed by atoms with van der Waals surface area (Å²) >= 11 is 0. The molecule has 32 heavy (non-hydrogen) atoms. The first-order chi connectivity index (χ1) is 15.0. The van der Waals surface area contributed by atoms with Crippen LogP contribution in [0.5, 0.6) is 0 Å². The average molecular weight is 452 g/mol. The van der Waals surface area contributed by atoms with Gasteiger partial charge in [0.25, 0.3) is 0 Å². The van der Waals surface area contributed by atoms with Crippen molar-refractivity contribution in [1.29, 1.82) is 0 Å². The summed E-state index contributed by atoms with van der Waals surface area (Å²) in [5, 5.41) is 14.6. The van der Waals surface area contributed by atoms with Crippen LogP contribution in [0.1, 0.15) is 27.3 Å². The van der Waals surface area contributed by atoms with Crippen molar-refractivity contribution in [2.75, 3.05) is 0 Å². The van der Waals surface area contributed by atoms with Crippen LogP contribution >= 0.6 is 0 Å². The molecule has 0 unspecified atom stereocenters. The fraction of sp³-hybridized carbons (Fsp3) is 0.105. The molecule has 13 heteroatoms. The van der Waals surface area contributed by atoms with Gasteiger partial charge in [0.2, 0.25) is 5.78 Å². The van der Waals surface area contributed by atoms with Crippen molar-refractivity contribution in [3.63, 3.8) is 0 Å². The summed E-state index contributed by atoms with van der Waals surface area (Å²) in [4.78, 5) is 12.6. The smallest absolute Gasteiger partial charge is 0.285 e. The van der Waals surface area contributed by atoms with Crippen molar-refractivity contribution < 1.29 is 31.1 Å². The molecule has 2 aromatic carbocycles. The van der Waals surface area contributed by atoms with Gasteiger partial charge >= 0.3 is 12.4 Å². The standard InChI is InChI=1S/C19H10F6N6O/c20-18(21,22)11-3-1-5-13(7-11)30-9-15(26-28-30)17(32)16-10-31(29-27-16)14-6-2-4-12(8-14)19(23,24)25/h1-10H. The van der Waals surface area contributed by atoms with Crippen molar-refractivity contribution >= 4 is 5.78 Å². The van der Waals surface area contributed by atoms with E-state index in [9.17, 15) is 31.1 Å². The average Bonchev–Trinajstić information content (AvgIpc) is 3.43. The SMILES string of the molecule is O=C(c1cn(-c2cccc(C(F)(F)F)c2)nn1)c1cn(-c2cccc(C(F)(F)F)c2)nn1. The fourth-order valence-corrected chi connectivity index (χ4v) is 2.77. The molecule has 0 spiro atoms. The predicted octanol–water partition coefficient (Wildman–Crippen LogP) is 4.12.